The van der Waals surface area contributed by atoms with Gasteiger partial charge in [-0.3, -0.25) is 4.79 Å². The minimum Gasteiger partial charge on any atom is -0.356 e. The maximum absolute atomic E-state index is 12.6. The smallest absolute Gasteiger partial charge is 0.227 e. The molecule has 1 saturated carbocycles. The Morgan fingerprint density at radius 1 is 1.30 bits per heavy atom. The average Bonchev–Trinajstić information content (AvgIpc) is 3.19. The number of halogens is 1. The van der Waals surface area contributed by atoms with Gasteiger partial charge in [0.25, 0.3) is 0 Å². The summed E-state index contributed by atoms with van der Waals surface area (Å²) >= 11 is 3.43. The molecule has 122 valence electrons. The Labute approximate surface area is 145 Å². The molecule has 0 N–H and O–H groups in total. The van der Waals surface area contributed by atoms with Crippen LogP contribution in [-0.4, -0.2) is 29.1 Å². The first-order chi connectivity index (χ1) is 11.1. The van der Waals surface area contributed by atoms with Crippen molar-refractivity contribution in [2.75, 3.05) is 7.05 Å². The number of likely N-dealkylation sites (N-methyl/N-ethyl adjacent to an activating group) is 1. The zero-order valence-electron chi connectivity index (χ0n) is 13.5. The Bertz CT molecular complexity index is 688. The van der Waals surface area contributed by atoms with Crippen LogP contribution in [0.3, 0.4) is 0 Å². The summed E-state index contributed by atoms with van der Waals surface area (Å²) in [5.41, 5.74) is 2.62. The summed E-state index contributed by atoms with van der Waals surface area (Å²) in [7, 11) is 1.92. The molecule has 23 heavy (non-hydrogen) atoms. The third-order valence-corrected chi connectivity index (χ3v) is 5.21. The first-order valence-electron chi connectivity index (χ1n) is 8.03. The summed E-state index contributed by atoms with van der Waals surface area (Å²) in [6, 6.07) is 8.25. The summed E-state index contributed by atoms with van der Waals surface area (Å²) in [5.74, 6) is 0.838. The van der Waals surface area contributed by atoms with E-state index in [4.69, 9.17) is 4.52 Å². The van der Waals surface area contributed by atoms with Crippen molar-refractivity contribution in [3.8, 4) is 11.3 Å². The highest BCUT2D eigenvalue weighted by Crippen LogP contribution is 2.29. The molecule has 3 rings (SSSR count). The number of hydrogen-bond donors (Lipinski definition) is 0. The van der Waals surface area contributed by atoms with Crippen LogP contribution < -0.4 is 0 Å². The molecule has 0 atom stereocenters. The van der Waals surface area contributed by atoms with E-state index in [1.54, 1.807) is 0 Å². The average molecular weight is 377 g/mol. The number of aryl methyl sites for hydroxylation is 1. The van der Waals surface area contributed by atoms with Gasteiger partial charge in [0.15, 0.2) is 5.76 Å². The van der Waals surface area contributed by atoms with Crippen LogP contribution >= 0.6 is 15.9 Å². The van der Waals surface area contributed by atoms with Gasteiger partial charge in [0.05, 0.1) is 12.1 Å². The van der Waals surface area contributed by atoms with Crippen molar-refractivity contribution < 1.29 is 9.32 Å². The maximum atomic E-state index is 12.6. The predicted molar refractivity (Wildman–Crippen MR) is 93.1 cm³/mol. The molecule has 1 fully saturated rings. The van der Waals surface area contributed by atoms with Crippen molar-refractivity contribution >= 4 is 21.8 Å². The third-order valence-electron chi connectivity index (χ3n) is 4.68. The van der Waals surface area contributed by atoms with E-state index in [1.165, 1.54) is 12.8 Å². The van der Waals surface area contributed by atoms with E-state index >= 15 is 0 Å². The predicted octanol–water partition coefficient (Wildman–Crippen LogP) is 4.36. The third kappa shape index (κ3) is 3.50. The summed E-state index contributed by atoms with van der Waals surface area (Å²) in [4.78, 5) is 14.5. The Morgan fingerprint density at radius 3 is 2.61 bits per heavy atom. The SMILES string of the molecule is Cc1noc(-c2ccc(Br)cc2)c1CC(=O)N(C)C1CCCC1. The van der Waals surface area contributed by atoms with Gasteiger partial charge in [-0.1, -0.05) is 46.1 Å². The topological polar surface area (TPSA) is 46.3 Å². The van der Waals surface area contributed by atoms with Gasteiger partial charge in [0.2, 0.25) is 5.91 Å². The van der Waals surface area contributed by atoms with Crippen LogP contribution in [0.1, 0.15) is 36.9 Å². The Balaban J connectivity index is 1.81. The zero-order chi connectivity index (χ0) is 16.4. The molecular formula is C18H21BrN2O2. The first kappa shape index (κ1) is 16.2. The van der Waals surface area contributed by atoms with E-state index in [9.17, 15) is 4.79 Å². The van der Waals surface area contributed by atoms with Crippen LogP contribution in [-0.2, 0) is 11.2 Å². The number of rotatable bonds is 4. The Morgan fingerprint density at radius 2 is 1.96 bits per heavy atom. The lowest BCUT2D eigenvalue weighted by Gasteiger charge is -2.24. The number of carbonyl (C=O) groups is 1. The molecule has 0 bridgehead atoms. The second-order valence-corrected chi connectivity index (χ2v) is 7.12. The Kier molecular flexibility index (Phi) is 4.85. The number of aromatic nitrogens is 1. The van der Waals surface area contributed by atoms with Gasteiger partial charge < -0.3 is 9.42 Å². The van der Waals surface area contributed by atoms with E-state index in [2.05, 4.69) is 21.1 Å². The molecule has 1 heterocycles. The molecule has 0 aliphatic heterocycles. The minimum atomic E-state index is 0.140. The maximum Gasteiger partial charge on any atom is 0.227 e. The molecule has 2 aromatic rings. The summed E-state index contributed by atoms with van der Waals surface area (Å²) < 4.78 is 6.50. The summed E-state index contributed by atoms with van der Waals surface area (Å²) in [6.45, 7) is 1.89. The molecule has 1 amide bonds. The van der Waals surface area contributed by atoms with E-state index in [1.807, 2.05) is 43.1 Å². The van der Waals surface area contributed by atoms with Gasteiger partial charge in [0, 0.05) is 28.7 Å². The van der Waals surface area contributed by atoms with Crippen LogP contribution in [0.5, 0.6) is 0 Å². The van der Waals surface area contributed by atoms with E-state index in [-0.39, 0.29) is 5.91 Å². The van der Waals surface area contributed by atoms with Crippen molar-refractivity contribution in [2.24, 2.45) is 0 Å². The van der Waals surface area contributed by atoms with Crippen LogP contribution in [0.25, 0.3) is 11.3 Å². The molecule has 1 aromatic carbocycles. The van der Waals surface area contributed by atoms with Gasteiger partial charge >= 0.3 is 0 Å². The van der Waals surface area contributed by atoms with Crippen LogP contribution in [0, 0.1) is 6.92 Å². The van der Waals surface area contributed by atoms with Crippen LogP contribution in [0.4, 0.5) is 0 Å². The van der Waals surface area contributed by atoms with E-state index in [0.717, 1.165) is 34.1 Å². The molecule has 4 nitrogen and oxygen atoms in total. The molecule has 1 aliphatic carbocycles. The molecule has 0 unspecified atom stereocenters. The first-order valence-corrected chi connectivity index (χ1v) is 8.82. The van der Waals surface area contributed by atoms with E-state index < -0.39 is 0 Å². The molecule has 5 heteroatoms. The van der Waals surface area contributed by atoms with Gasteiger partial charge in [-0.05, 0) is 31.9 Å². The van der Waals surface area contributed by atoms with Crippen molar-refractivity contribution in [3.63, 3.8) is 0 Å². The molecule has 0 radical (unpaired) electrons. The van der Waals surface area contributed by atoms with Crippen LogP contribution in [0.2, 0.25) is 0 Å². The molecule has 1 aromatic heterocycles. The molecule has 1 aliphatic rings. The lowest BCUT2D eigenvalue weighted by Crippen LogP contribution is -2.36. The summed E-state index contributed by atoms with van der Waals surface area (Å²) in [5, 5.41) is 4.07. The molecular weight excluding hydrogens is 356 g/mol. The number of benzene rings is 1. The minimum absolute atomic E-state index is 0.140. The highest BCUT2D eigenvalue weighted by Gasteiger charge is 2.26. The second kappa shape index (κ2) is 6.87. The fourth-order valence-electron chi connectivity index (χ4n) is 3.20. The molecule has 0 spiro atoms. The van der Waals surface area contributed by atoms with Gasteiger partial charge in [-0.25, -0.2) is 0 Å². The molecule has 0 saturated heterocycles. The highest BCUT2D eigenvalue weighted by atomic mass is 79.9. The normalized spacial score (nSPS) is 15.1. The number of amides is 1. The summed E-state index contributed by atoms with van der Waals surface area (Å²) in [6.07, 6.45) is 5.01. The quantitative estimate of drug-likeness (QED) is 0.796. The van der Waals surface area contributed by atoms with Crippen LogP contribution in [0.15, 0.2) is 33.3 Å². The standard InChI is InChI=1S/C18H21BrN2O2/c1-12-16(11-17(22)21(2)15-5-3-4-6-15)18(23-20-12)13-7-9-14(19)10-8-13/h7-10,15H,3-6,11H2,1-2H3. The fraction of sp³-hybridized carbons (Fsp3) is 0.444. The number of hydrogen-bond acceptors (Lipinski definition) is 3. The van der Waals surface area contributed by atoms with Crippen molar-refractivity contribution in [1.82, 2.24) is 10.1 Å². The Hall–Kier alpha value is -1.62. The number of carbonyl (C=O) groups excluding carboxylic acids is 1. The van der Waals surface area contributed by atoms with Gasteiger partial charge in [0.1, 0.15) is 0 Å². The largest absolute Gasteiger partial charge is 0.356 e. The van der Waals surface area contributed by atoms with Gasteiger partial charge in [-0.15, -0.1) is 0 Å². The van der Waals surface area contributed by atoms with Crippen molar-refractivity contribution in [2.45, 2.75) is 45.1 Å². The van der Waals surface area contributed by atoms with Crippen molar-refractivity contribution in [1.29, 1.82) is 0 Å². The fourth-order valence-corrected chi connectivity index (χ4v) is 3.46. The monoisotopic (exact) mass is 376 g/mol. The van der Waals surface area contributed by atoms with E-state index in [0.29, 0.717) is 18.2 Å². The lowest BCUT2D eigenvalue weighted by atomic mass is 10.0. The highest BCUT2D eigenvalue weighted by molar-refractivity contribution is 9.10. The second-order valence-electron chi connectivity index (χ2n) is 6.20. The van der Waals surface area contributed by atoms with Gasteiger partial charge in [-0.2, -0.15) is 0 Å². The lowest BCUT2D eigenvalue weighted by molar-refractivity contribution is -0.131. The van der Waals surface area contributed by atoms with Crippen molar-refractivity contribution in [3.05, 3.63) is 40.0 Å². The number of nitrogens with zero attached hydrogens (tertiary/aromatic N) is 2. The zero-order valence-corrected chi connectivity index (χ0v) is 15.1.